The van der Waals surface area contributed by atoms with Gasteiger partial charge in [-0.2, -0.15) is 5.10 Å². The molecule has 2 rings (SSSR count). The summed E-state index contributed by atoms with van der Waals surface area (Å²) in [6, 6.07) is 0. The number of nitrogens with one attached hydrogen (secondary N) is 1. The number of amides is 1. The van der Waals surface area contributed by atoms with Crippen LogP contribution in [-0.2, 0) is 24.8 Å². The van der Waals surface area contributed by atoms with Crippen molar-refractivity contribution in [1.82, 2.24) is 15.1 Å². The molecular weight excluding hydrogens is 264 g/mol. The van der Waals surface area contributed by atoms with Crippen LogP contribution in [0.3, 0.4) is 0 Å². The fourth-order valence-corrected chi connectivity index (χ4v) is 3.23. The second-order valence-corrected chi connectivity index (χ2v) is 6.48. The monoisotopic (exact) mass is 292 g/mol. The normalized spacial score (nSPS) is 25.8. The molecule has 0 spiro atoms. The highest BCUT2D eigenvalue weighted by atomic mass is 16.2. The highest BCUT2D eigenvalue weighted by Crippen LogP contribution is 2.38. The van der Waals surface area contributed by atoms with Gasteiger partial charge in [-0.25, -0.2) is 0 Å². The lowest BCUT2D eigenvalue weighted by Gasteiger charge is -2.37. The minimum Gasteiger partial charge on any atom is -0.351 e. The summed E-state index contributed by atoms with van der Waals surface area (Å²) < 4.78 is 1.81. The number of hydrogen-bond acceptors (Lipinski definition) is 3. The molecule has 1 aliphatic rings. The maximum Gasteiger partial charge on any atom is 0.227 e. The van der Waals surface area contributed by atoms with Crippen LogP contribution in [0.2, 0.25) is 0 Å². The van der Waals surface area contributed by atoms with Gasteiger partial charge in [0.15, 0.2) is 0 Å². The van der Waals surface area contributed by atoms with Gasteiger partial charge in [0.05, 0.1) is 11.1 Å². The Labute approximate surface area is 127 Å². The van der Waals surface area contributed by atoms with Crippen molar-refractivity contribution >= 4 is 5.91 Å². The first-order chi connectivity index (χ1) is 10.0. The van der Waals surface area contributed by atoms with Gasteiger partial charge in [-0.05, 0) is 38.0 Å². The molecule has 1 saturated carbocycles. The molecule has 5 nitrogen and oxygen atoms in total. The lowest BCUT2D eigenvalue weighted by molar-refractivity contribution is -0.133. The van der Waals surface area contributed by atoms with Crippen LogP contribution in [0.1, 0.15) is 50.8 Å². The second kappa shape index (κ2) is 6.60. The van der Waals surface area contributed by atoms with Gasteiger partial charge in [-0.15, -0.1) is 0 Å². The SMILES string of the molecule is CCc1nn(C)cc1CNC(=O)C1(CN)CCC(C)CC1. The highest BCUT2D eigenvalue weighted by Gasteiger charge is 2.39. The maximum absolute atomic E-state index is 12.6. The molecule has 0 atom stereocenters. The zero-order chi connectivity index (χ0) is 15.5. The van der Waals surface area contributed by atoms with E-state index < -0.39 is 0 Å². The molecule has 0 bridgehead atoms. The third-order valence-electron chi connectivity index (χ3n) is 4.87. The minimum absolute atomic E-state index is 0.114. The van der Waals surface area contributed by atoms with E-state index >= 15 is 0 Å². The first-order valence-electron chi connectivity index (χ1n) is 8.00. The van der Waals surface area contributed by atoms with E-state index in [1.54, 1.807) is 4.68 Å². The quantitative estimate of drug-likeness (QED) is 0.868. The molecule has 5 heteroatoms. The summed E-state index contributed by atoms with van der Waals surface area (Å²) in [5.41, 5.74) is 7.73. The van der Waals surface area contributed by atoms with Crippen molar-refractivity contribution in [3.05, 3.63) is 17.5 Å². The Kier molecular flexibility index (Phi) is 5.04. The summed E-state index contributed by atoms with van der Waals surface area (Å²) in [6.07, 6.45) is 6.87. The largest absolute Gasteiger partial charge is 0.351 e. The van der Waals surface area contributed by atoms with Crippen molar-refractivity contribution in [2.75, 3.05) is 6.54 Å². The van der Waals surface area contributed by atoms with E-state index in [1.165, 1.54) is 0 Å². The number of aryl methyl sites for hydroxylation is 2. The number of nitrogens with zero attached hydrogens (tertiary/aromatic N) is 2. The molecular formula is C16H28N4O. The predicted octanol–water partition coefficient (Wildman–Crippen LogP) is 1.75. The lowest BCUT2D eigenvalue weighted by Crippen LogP contribution is -2.47. The summed E-state index contributed by atoms with van der Waals surface area (Å²) in [6.45, 7) is 5.32. The second-order valence-electron chi connectivity index (χ2n) is 6.48. The molecule has 0 unspecified atom stereocenters. The molecule has 0 radical (unpaired) electrons. The molecule has 0 saturated heterocycles. The summed E-state index contributed by atoms with van der Waals surface area (Å²) in [7, 11) is 1.91. The number of aromatic nitrogens is 2. The van der Waals surface area contributed by atoms with Crippen LogP contribution < -0.4 is 11.1 Å². The van der Waals surface area contributed by atoms with Gasteiger partial charge in [0.1, 0.15) is 0 Å². The van der Waals surface area contributed by atoms with Crippen LogP contribution in [0.15, 0.2) is 6.20 Å². The summed E-state index contributed by atoms with van der Waals surface area (Å²) in [4.78, 5) is 12.6. The van der Waals surface area contributed by atoms with E-state index in [1.807, 2.05) is 13.2 Å². The zero-order valence-corrected chi connectivity index (χ0v) is 13.5. The molecule has 0 aromatic carbocycles. The Morgan fingerprint density at radius 3 is 2.76 bits per heavy atom. The molecule has 1 aromatic rings. The van der Waals surface area contributed by atoms with E-state index in [2.05, 4.69) is 24.3 Å². The molecule has 3 N–H and O–H groups in total. The lowest BCUT2D eigenvalue weighted by atomic mass is 9.70. The topological polar surface area (TPSA) is 72.9 Å². The van der Waals surface area contributed by atoms with Crippen molar-refractivity contribution in [1.29, 1.82) is 0 Å². The Balaban J connectivity index is 2.00. The van der Waals surface area contributed by atoms with Crippen molar-refractivity contribution in [3.8, 4) is 0 Å². The van der Waals surface area contributed by atoms with Gasteiger partial charge in [-0.1, -0.05) is 13.8 Å². The van der Waals surface area contributed by atoms with E-state index in [0.29, 0.717) is 19.0 Å². The standard InChI is InChI=1S/C16H28N4O/c1-4-14-13(10-20(3)19-14)9-18-15(21)16(11-17)7-5-12(2)6-8-16/h10,12H,4-9,11,17H2,1-3H3,(H,18,21). The molecule has 1 aromatic heterocycles. The first kappa shape index (κ1) is 16.0. The number of nitrogens with two attached hydrogens (primary N) is 1. The first-order valence-corrected chi connectivity index (χ1v) is 8.00. The number of hydrogen-bond donors (Lipinski definition) is 2. The van der Waals surface area contributed by atoms with Crippen molar-refractivity contribution in [2.45, 2.75) is 52.5 Å². The van der Waals surface area contributed by atoms with Crippen molar-refractivity contribution < 1.29 is 4.79 Å². The van der Waals surface area contributed by atoms with Crippen LogP contribution in [-0.4, -0.2) is 22.2 Å². The average Bonchev–Trinajstić information content (AvgIpc) is 2.86. The van der Waals surface area contributed by atoms with Crippen LogP contribution in [0.5, 0.6) is 0 Å². The number of carbonyl (C=O) groups is 1. The molecule has 21 heavy (non-hydrogen) atoms. The Morgan fingerprint density at radius 1 is 1.52 bits per heavy atom. The van der Waals surface area contributed by atoms with Crippen molar-refractivity contribution in [3.63, 3.8) is 0 Å². The molecule has 118 valence electrons. The van der Waals surface area contributed by atoms with Gasteiger partial charge in [0, 0.05) is 31.9 Å². The molecule has 1 heterocycles. The highest BCUT2D eigenvalue weighted by molar-refractivity contribution is 5.83. The van der Waals surface area contributed by atoms with Crippen LogP contribution >= 0.6 is 0 Å². The van der Waals surface area contributed by atoms with Crippen LogP contribution in [0, 0.1) is 11.3 Å². The zero-order valence-electron chi connectivity index (χ0n) is 13.5. The van der Waals surface area contributed by atoms with E-state index in [9.17, 15) is 4.79 Å². The third-order valence-corrected chi connectivity index (χ3v) is 4.87. The van der Waals surface area contributed by atoms with E-state index in [0.717, 1.165) is 43.4 Å². The molecule has 0 aliphatic heterocycles. The summed E-state index contributed by atoms with van der Waals surface area (Å²) >= 11 is 0. The Bertz CT molecular complexity index is 486. The smallest absolute Gasteiger partial charge is 0.227 e. The van der Waals surface area contributed by atoms with Crippen molar-refractivity contribution in [2.24, 2.45) is 24.1 Å². The van der Waals surface area contributed by atoms with Gasteiger partial charge < -0.3 is 11.1 Å². The average molecular weight is 292 g/mol. The van der Waals surface area contributed by atoms with Gasteiger partial charge in [0.25, 0.3) is 0 Å². The number of rotatable bonds is 5. The molecule has 1 fully saturated rings. The summed E-state index contributed by atoms with van der Waals surface area (Å²) in [5.74, 6) is 0.824. The maximum atomic E-state index is 12.6. The fraction of sp³-hybridized carbons (Fsp3) is 0.750. The summed E-state index contributed by atoms with van der Waals surface area (Å²) in [5, 5.41) is 7.50. The Hall–Kier alpha value is -1.36. The van der Waals surface area contributed by atoms with Gasteiger partial charge >= 0.3 is 0 Å². The van der Waals surface area contributed by atoms with Gasteiger partial charge in [0.2, 0.25) is 5.91 Å². The number of carbonyl (C=O) groups excluding carboxylic acids is 1. The van der Waals surface area contributed by atoms with Crippen LogP contribution in [0.25, 0.3) is 0 Å². The van der Waals surface area contributed by atoms with Gasteiger partial charge in [-0.3, -0.25) is 9.48 Å². The molecule has 1 aliphatic carbocycles. The van der Waals surface area contributed by atoms with Crippen LogP contribution in [0.4, 0.5) is 0 Å². The minimum atomic E-state index is -0.360. The van der Waals surface area contributed by atoms with E-state index in [-0.39, 0.29) is 11.3 Å². The Morgan fingerprint density at radius 2 is 2.19 bits per heavy atom. The van der Waals surface area contributed by atoms with E-state index in [4.69, 9.17) is 5.73 Å². The third kappa shape index (κ3) is 3.46. The molecule has 1 amide bonds. The fourth-order valence-electron chi connectivity index (χ4n) is 3.23. The predicted molar refractivity (Wildman–Crippen MR) is 83.6 cm³/mol.